The van der Waals surface area contributed by atoms with Gasteiger partial charge in [-0.25, -0.2) is 0 Å². The van der Waals surface area contributed by atoms with Gasteiger partial charge in [0.25, 0.3) is 0 Å². The lowest BCUT2D eigenvalue weighted by molar-refractivity contribution is -0.126. The molecule has 1 aliphatic rings. The van der Waals surface area contributed by atoms with Crippen LogP contribution in [0.25, 0.3) is 0 Å². The van der Waals surface area contributed by atoms with Crippen molar-refractivity contribution in [1.29, 1.82) is 0 Å². The monoisotopic (exact) mass is 183 g/mol. The number of nitrogens with zero attached hydrogens (tertiary/aromatic N) is 1. The topological polar surface area (TPSA) is 40.5 Å². The largest absolute Gasteiger partial charge is 0.396 e. The maximum absolute atomic E-state index is 11.3. The van der Waals surface area contributed by atoms with Crippen molar-refractivity contribution in [2.45, 2.75) is 31.7 Å². The lowest BCUT2D eigenvalue weighted by Gasteiger charge is -2.22. The van der Waals surface area contributed by atoms with Crippen LogP contribution in [0.15, 0.2) is 12.7 Å². The van der Waals surface area contributed by atoms with Gasteiger partial charge in [0.1, 0.15) is 0 Å². The molecule has 1 atom stereocenters. The van der Waals surface area contributed by atoms with E-state index in [-0.39, 0.29) is 12.5 Å². The van der Waals surface area contributed by atoms with E-state index in [1.807, 2.05) is 4.90 Å². The molecule has 1 N–H and O–H groups in total. The van der Waals surface area contributed by atoms with Crippen LogP contribution in [0.4, 0.5) is 0 Å². The Labute approximate surface area is 79.0 Å². The van der Waals surface area contributed by atoms with Crippen LogP contribution in [0.3, 0.4) is 0 Å². The lowest BCUT2D eigenvalue weighted by Crippen LogP contribution is -2.34. The molecule has 0 bridgehead atoms. The van der Waals surface area contributed by atoms with E-state index < -0.39 is 0 Å². The molecular formula is C10H17NO2. The fourth-order valence-electron chi connectivity index (χ4n) is 1.87. The van der Waals surface area contributed by atoms with Crippen LogP contribution < -0.4 is 0 Å². The van der Waals surface area contributed by atoms with Crippen molar-refractivity contribution < 1.29 is 9.90 Å². The van der Waals surface area contributed by atoms with Crippen molar-refractivity contribution in [3.63, 3.8) is 0 Å². The number of likely N-dealkylation sites (tertiary alicyclic amines) is 1. The fourth-order valence-corrected chi connectivity index (χ4v) is 1.87. The number of aliphatic hydroxyl groups excluding tert-OH is 1. The molecule has 0 aromatic rings. The molecule has 1 saturated heterocycles. The smallest absolute Gasteiger partial charge is 0.246 e. The van der Waals surface area contributed by atoms with Gasteiger partial charge in [0, 0.05) is 19.2 Å². The number of hydrogen-bond donors (Lipinski definition) is 1. The van der Waals surface area contributed by atoms with Gasteiger partial charge in [0.2, 0.25) is 5.91 Å². The zero-order valence-electron chi connectivity index (χ0n) is 7.91. The summed E-state index contributed by atoms with van der Waals surface area (Å²) in [5.41, 5.74) is 0. The van der Waals surface area contributed by atoms with Gasteiger partial charge in [0.15, 0.2) is 0 Å². The number of carbonyl (C=O) groups excluding carboxylic acids is 1. The van der Waals surface area contributed by atoms with Gasteiger partial charge in [-0.2, -0.15) is 0 Å². The molecule has 74 valence electrons. The minimum Gasteiger partial charge on any atom is -0.396 e. The van der Waals surface area contributed by atoms with E-state index in [0.717, 1.165) is 32.2 Å². The Kier molecular flexibility index (Phi) is 3.96. The number of aliphatic hydroxyl groups is 1. The molecule has 0 unspecified atom stereocenters. The van der Waals surface area contributed by atoms with Crippen LogP contribution in [0.5, 0.6) is 0 Å². The predicted octanol–water partition coefficient (Wildman–Crippen LogP) is 0.936. The lowest BCUT2D eigenvalue weighted by atomic mass is 10.1. The van der Waals surface area contributed by atoms with Crippen molar-refractivity contribution in [3.05, 3.63) is 12.7 Å². The summed E-state index contributed by atoms with van der Waals surface area (Å²) in [4.78, 5) is 13.2. The van der Waals surface area contributed by atoms with Crippen molar-refractivity contribution in [2.24, 2.45) is 0 Å². The van der Waals surface area contributed by atoms with Crippen LogP contribution in [-0.4, -0.2) is 35.1 Å². The minimum absolute atomic E-state index is 0.0282. The molecule has 0 saturated carbocycles. The van der Waals surface area contributed by atoms with Crippen molar-refractivity contribution in [3.8, 4) is 0 Å². The third-order valence-corrected chi connectivity index (χ3v) is 2.53. The molecule has 13 heavy (non-hydrogen) atoms. The van der Waals surface area contributed by atoms with E-state index in [9.17, 15) is 4.79 Å². The van der Waals surface area contributed by atoms with E-state index in [2.05, 4.69) is 6.58 Å². The molecule has 3 nitrogen and oxygen atoms in total. The first kappa shape index (κ1) is 10.3. The molecule has 0 aromatic carbocycles. The summed E-state index contributed by atoms with van der Waals surface area (Å²) in [5, 5.41) is 8.69. The number of hydrogen-bond acceptors (Lipinski definition) is 2. The molecule has 3 heteroatoms. The molecule has 0 aliphatic carbocycles. The Morgan fingerprint density at radius 2 is 2.46 bits per heavy atom. The van der Waals surface area contributed by atoms with E-state index >= 15 is 0 Å². The third-order valence-electron chi connectivity index (χ3n) is 2.53. The van der Waals surface area contributed by atoms with Gasteiger partial charge in [-0.05, 0) is 31.8 Å². The highest BCUT2D eigenvalue weighted by Crippen LogP contribution is 2.21. The molecule has 1 rings (SSSR count). The van der Waals surface area contributed by atoms with Gasteiger partial charge in [-0.3, -0.25) is 4.79 Å². The van der Waals surface area contributed by atoms with Crippen LogP contribution in [-0.2, 0) is 4.79 Å². The first-order valence-corrected chi connectivity index (χ1v) is 4.83. The first-order valence-electron chi connectivity index (χ1n) is 4.83. The predicted molar refractivity (Wildman–Crippen MR) is 51.3 cm³/mol. The summed E-state index contributed by atoms with van der Waals surface area (Å²) in [6.07, 6.45) is 5.22. The van der Waals surface area contributed by atoms with Gasteiger partial charge in [-0.1, -0.05) is 6.58 Å². The normalized spacial score (nSPS) is 21.9. The van der Waals surface area contributed by atoms with Crippen LogP contribution in [0.1, 0.15) is 25.7 Å². The van der Waals surface area contributed by atoms with Crippen LogP contribution in [0, 0.1) is 0 Å². The molecular weight excluding hydrogens is 166 g/mol. The second-order valence-corrected chi connectivity index (χ2v) is 3.40. The molecule has 1 fully saturated rings. The zero-order valence-corrected chi connectivity index (χ0v) is 7.91. The summed E-state index contributed by atoms with van der Waals surface area (Å²) in [5.74, 6) is 0.0282. The van der Waals surface area contributed by atoms with Crippen molar-refractivity contribution in [1.82, 2.24) is 4.90 Å². The Bertz CT molecular complexity index is 191. The Morgan fingerprint density at radius 1 is 1.69 bits per heavy atom. The highest BCUT2D eigenvalue weighted by Gasteiger charge is 2.26. The maximum atomic E-state index is 11.3. The van der Waals surface area contributed by atoms with Crippen molar-refractivity contribution in [2.75, 3.05) is 13.2 Å². The summed E-state index contributed by atoms with van der Waals surface area (Å²) >= 11 is 0. The molecule has 0 spiro atoms. The average Bonchev–Trinajstić information content (AvgIpc) is 2.61. The van der Waals surface area contributed by atoms with Crippen molar-refractivity contribution >= 4 is 5.91 Å². The summed E-state index contributed by atoms with van der Waals surface area (Å²) in [7, 11) is 0. The minimum atomic E-state index is 0.0282. The zero-order chi connectivity index (χ0) is 9.68. The molecule has 0 aromatic heterocycles. The van der Waals surface area contributed by atoms with Crippen LogP contribution >= 0.6 is 0 Å². The van der Waals surface area contributed by atoms with Crippen LogP contribution in [0.2, 0.25) is 0 Å². The number of carbonyl (C=O) groups is 1. The van der Waals surface area contributed by atoms with E-state index in [1.165, 1.54) is 6.08 Å². The second kappa shape index (κ2) is 5.02. The third kappa shape index (κ3) is 2.56. The second-order valence-electron chi connectivity index (χ2n) is 3.40. The summed E-state index contributed by atoms with van der Waals surface area (Å²) < 4.78 is 0. The quantitative estimate of drug-likeness (QED) is 0.659. The maximum Gasteiger partial charge on any atom is 0.246 e. The molecule has 0 radical (unpaired) electrons. The van der Waals surface area contributed by atoms with Gasteiger partial charge in [-0.15, -0.1) is 0 Å². The van der Waals surface area contributed by atoms with E-state index in [1.54, 1.807) is 0 Å². The van der Waals surface area contributed by atoms with E-state index in [0.29, 0.717) is 6.04 Å². The number of rotatable bonds is 4. The van der Waals surface area contributed by atoms with E-state index in [4.69, 9.17) is 5.11 Å². The highest BCUT2D eigenvalue weighted by molar-refractivity contribution is 5.87. The summed E-state index contributed by atoms with van der Waals surface area (Å²) in [6, 6.07) is 0.331. The van der Waals surface area contributed by atoms with Gasteiger partial charge in [0.05, 0.1) is 0 Å². The molecule has 1 aliphatic heterocycles. The number of amides is 1. The standard InChI is InChI=1S/C10H17NO2/c1-2-10(13)11-7-3-5-9(11)6-4-8-12/h2,9,12H,1,3-8H2/t9-/m1/s1. The fraction of sp³-hybridized carbons (Fsp3) is 0.700. The Hall–Kier alpha value is -0.830. The Balaban J connectivity index is 2.43. The highest BCUT2D eigenvalue weighted by atomic mass is 16.3. The first-order chi connectivity index (χ1) is 6.29. The summed E-state index contributed by atoms with van der Waals surface area (Å²) in [6.45, 7) is 4.54. The average molecular weight is 183 g/mol. The Morgan fingerprint density at radius 3 is 3.08 bits per heavy atom. The SMILES string of the molecule is C=CC(=O)N1CCC[C@@H]1CCCO. The van der Waals surface area contributed by atoms with Gasteiger partial charge < -0.3 is 10.0 Å². The van der Waals surface area contributed by atoms with Gasteiger partial charge >= 0.3 is 0 Å². The molecule has 1 amide bonds. The molecule has 1 heterocycles.